The predicted molar refractivity (Wildman–Crippen MR) is 132 cm³/mol. The van der Waals surface area contributed by atoms with Gasteiger partial charge in [0.05, 0.1) is 0 Å². The Kier molecular flexibility index (Phi) is 16.6. The van der Waals surface area contributed by atoms with E-state index in [-0.39, 0.29) is 30.6 Å². The topological polar surface area (TPSA) is 63.1 Å². The molecule has 0 radical (unpaired) electrons. The average molecular weight is 512 g/mol. The van der Waals surface area contributed by atoms with E-state index < -0.39 is 0 Å². The number of likely N-dealkylation sites (N-methyl/N-ethyl adjacent to an activating group) is 1. The molecule has 1 aliphatic rings. The molecule has 6 nitrogen and oxygen atoms in total. The highest BCUT2D eigenvalue weighted by Gasteiger charge is 2.17. The van der Waals surface area contributed by atoms with Gasteiger partial charge in [0.25, 0.3) is 0 Å². The van der Waals surface area contributed by atoms with Crippen LogP contribution in [-0.2, 0) is 0 Å². The molecule has 0 aromatic carbocycles. The van der Waals surface area contributed by atoms with Crippen LogP contribution in [0.3, 0.4) is 0 Å². The van der Waals surface area contributed by atoms with Gasteiger partial charge in [-0.2, -0.15) is 0 Å². The molecule has 2 unspecified atom stereocenters. The van der Waals surface area contributed by atoms with Gasteiger partial charge in [-0.15, -0.1) is 24.0 Å². The van der Waals surface area contributed by atoms with Gasteiger partial charge in [-0.1, -0.05) is 27.7 Å². The number of halogens is 1. The molecular formula is C21H46IN5O. The zero-order chi connectivity index (χ0) is 20.1. The van der Waals surface area contributed by atoms with E-state index in [4.69, 9.17) is 4.99 Å². The van der Waals surface area contributed by atoms with Gasteiger partial charge in [-0.3, -0.25) is 4.99 Å². The molecule has 3 N–H and O–H groups in total. The number of nitrogens with one attached hydrogen (secondary N) is 2. The summed E-state index contributed by atoms with van der Waals surface area (Å²) in [6, 6.07) is 0. The van der Waals surface area contributed by atoms with Crippen molar-refractivity contribution >= 4 is 29.9 Å². The van der Waals surface area contributed by atoms with Crippen LogP contribution < -0.4 is 10.6 Å². The Balaban J connectivity index is 0.00000729. The zero-order valence-electron chi connectivity index (χ0n) is 18.9. The summed E-state index contributed by atoms with van der Waals surface area (Å²) in [5, 5.41) is 16.2. The van der Waals surface area contributed by atoms with Crippen molar-refractivity contribution in [3.8, 4) is 0 Å². The summed E-state index contributed by atoms with van der Waals surface area (Å²) in [5.41, 5.74) is 0. The molecule has 0 spiro atoms. The number of guanidine groups is 1. The van der Waals surface area contributed by atoms with Gasteiger partial charge in [0.15, 0.2) is 5.96 Å². The Bertz CT molecular complexity index is 400. The van der Waals surface area contributed by atoms with Gasteiger partial charge in [-0.05, 0) is 44.1 Å². The first-order valence-electron chi connectivity index (χ1n) is 11.1. The maximum Gasteiger partial charge on any atom is 0.191 e. The Morgan fingerprint density at radius 2 is 1.68 bits per heavy atom. The molecule has 0 aliphatic carbocycles. The number of nitrogens with zero attached hydrogens (tertiary/aromatic N) is 3. The van der Waals surface area contributed by atoms with Crippen molar-refractivity contribution in [3.63, 3.8) is 0 Å². The number of piperazine rings is 1. The number of aliphatic hydroxyl groups excluding tert-OH is 1. The lowest BCUT2D eigenvalue weighted by atomic mass is 9.94. The van der Waals surface area contributed by atoms with E-state index in [0.717, 1.165) is 45.0 Å². The van der Waals surface area contributed by atoms with Crippen LogP contribution in [0.5, 0.6) is 0 Å². The SMILES string of the molecule is CCNC(=NCC(C)CN1CCN(CC)CC1)NCC(CCO)CC(C)C.I. The van der Waals surface area contributed by atoms with Gasteiger partial charge in [0.1, 0.15) is 0 Å². The summed E-state index contributed by atoms with van der Waals surface area (Å²) in [4.78, 5) is 9.91. The van der Waals surface area contributed by atoms with E-state index >= 15 is 0 Å². The van der Waals surface area contributed by atoms with Crippen LogP contribution in [-0.4, -0.2) is 86.4 Å². The minimum atomic E-state index is 0. The minimum absolute atomic E-state index is 0. The standard InChI is InChI=1S/C21H45N5O.HI/c1-6-22-21(24-16-20(8-13-27)14-18(3)4)23-15-19(5)17-26-11-9-25(7-2)10-12-26;/h18-20,27H,6-17H2,1-5H3,(H2,22,23,24);1H. The first-order valence-corrected chi connectivity index (χ1v) is 11.1. The number of aliphatic imine (C=N–C) groups is 1. The second kappa shape index (κ2) is 16.7. The van der Waals surface area contributed by atoms with Crippen molar-refractivity contribution in [1.82, 2.24) is 20.4 Å². The smallest absolute Gasteiger partial charge is 0.191 e. The second-order valence-corrected chi connectivity index (χ2v) is 8.45. The molecule has 0 aromatic heterocycles. The summed E-state index contributed by atoms with van der Waals surface area (Å²) < 4.78 is 0. The minimum Gasteiger partial charge on any atom is -0.396 e. The van der Waals surface area contributed by atoms with E-state index in [1.807, 2.05) is 0 Å². The largest absolute Gasteiger partial charge is 0.396 e. The van der Waals surface area contributed by atoms with Crippen LogP contribution in [0.4, 0.5) is 0 Å². The van der Waals surface area contributed by atoms with E-state index in [1.54, 1.807) is 0 Å². The fourth-order valence-electron chi connectivity index (χ4n) is 3.77. The third kappa shape index (κ3) is 12.4. The van der Waals surface area contributed by atoms with Crippen LogP contribution in [0, 0.1) is 17.8 Å². The normalized spacial score (nSPS) is 18.6. The fourth-order valence-corrected chi connectivity index (χ4v) is 3.77. The van der Waals surface area contributed by atoms with Crippen molar-refractivity contribution in [3.05, 3.63) is 0 Å². The maximum atomic E-state index is 9.30. The van der Waals surface area contributed by atoms with Gasteiger partial charge >= 0.3 is 0 Å². The molecule has 0 saturated carbocycles. The molecule has 1 aliphatic heterocycles. The summed E-state index contributed by atoms with van der Waals surface area (Å²) >= 11 is 0. The molecule has 1 heterocycles. The molecule has 28 heavy (non-hydrogen) atoms. The quantitative estimate of drug-likeness (QED) is 0.214. The zero-order valence-corrected chi connectivity index (χ0v) is 21.2. The van der Waals surface area contributed by atoms with Gasteiger partial charge < -0.3 is 25.5 Å². The molecule has 7 heteroatoms. The van der Waals surface area contributed by atoms with Crippen molar-refractivity contribution in [2.75, 3.05) is 65.5 Å². The van der Waals surface area contributed by atoms with Gasteiger partial charge in [0.2, 0.25) is 0 Å². The average Bonchev–Trinajstić information content (AvgIpc) is 2.64. The highest BCUT2D eigenvalue weighted by Crippen LogP contribution is 2.14. The van der Waals surface area contributed by atoms with Crippen molar-refractivity contribution in [2.45, 2.75) is 47.5 Å². The fraction of sp³-hybridized carbons (Fsp3) is 0.952. The Morgan fingerprint density at radius 1 is 1.04 bits per heavy atom. The van der Waals surface area contributed by atoms with Crippen molar-refractivity contribution in [1.29, 1.82) is 0 Å². The highest BCUT2D eigenvalue weighted by atomic mass is 127. The maximum absolute atomic E-state index is 9.30. The summed E-state index contributed by atoms with van der Waals surface area (Å²) in [6.07, 6.45) is 1.98. The molecule has 0 bridgehead atoms. The first kappa shape index (κ1) is 27.9. The molecule has 1 fully saturated rings. The monoisotopic (exact) mass is 511 g/mol. The van der Waals surface area contributed by atoms with E-state index in [2.05, 4.69) is 55.1 Å². The van der Waals surface area contributed by atoms with Crippen LogP contribution in [0.25, 0.3) is 0 Å². The lowest BCUT2D eigenvalue weighted by Gasteiger charge is -2.35. The Hall–Kier alpha value is -0.120. The molecule has 0 aromatic rings. The van der Waals surface area contributed by atoms with Gasteiger partial charge in [0, 0.05) is 59.0 Å². The van der Waals surface area contributed by atoms with Crippen LogP contribution in [0.2, 0.25) is 0 Å². The molecule has 2 atom stereocenters. The van der Waals surface area contributed by atoms with Crippen LogP contribution in [0.15, 0.2) is 4.99 Å². The summed E-state index contributed by atoms with van der Waals surface area (Å²) in [5.74, 6) is 2.60. The lowest BCUT2D eigenvalue weighted by molar-refractivity contribution is 0.125. The van der Waals surface area contributed by atoms with Crippen molar-refractivity contribution in [2.24, 2.45) is 22.7 Å². The second-order valence-electron chi connectivity index (χ2n) is 8.45. The summed E-state index contributed by atoms with van der Waals surface area (Å²) in [7, 11) is 0. The third-order valence-corrected chi connectivity index (χ3v) is 5.29. The van der Waals surface area contributed by atoms with E-state index in [9.17, 15) is 5.11 Å². The van der Waals surface area contributed by atoms with E-state index in [1.165, 1.54) is 32.7 Å². The third-order valence-electron chi connectivity index (χ3n) is 5.29. The Labute approximate surface area is 190 Å². The lowest BCUT2D eigenvalue weighted by Crippen LogP contribution is -2.47. The first-order chi connectivity index (χ1) is 13.0. The van der Waals surface area contributed by atoms with Crippen LogP contribution >= 0.6 is 24.0 Å². The Morgan fingerprint density at radius 3 is 2.21 bits per heavy atom. The van der Waals surface area contributed by atoms with E-state index in [0.29, 0.717) is 17.8 Å². The molecule has 0 amide bonds. The molecule has 1 rings (SSSR count). The van der Waals surface area contributed by atoms with Crippen molar-refractivity contribution < 1.29 is 5.11 Å². The number of hydrogen-bond acceptors (Lipinski definition) is 4. The molecular weight excluding hydrogens is 465 g/mol. The number of hydrogen-bond donors (Lipinski definition) is 3. The number of rotatable bonds is 12. The van der Waals surface area contributed by atoms with Crippen LogP contribution in [0.1, 0.15) is 47.5 Å². The number of aliphatic hydroxyl groups is 1. The molecule has 168 valence electrons. The van der Waals surface area contributed by atoms with Gasteiger partial charge in [-0.25, -0.2) is 0 Å². The molecule has 1 saturated heterocycles. The summed E-state index contributed by atoms with van der Waals surface area (Å²) in [6.45, 7) is 21.0. The highest BCUT2D eigenvalue weighted by molar-refractivity contribution is 14.0. The predicted octanol–water partition coefficient (Wildman–Crippen LogP) is 2.48.